The van der Waals surface area contributed by atoms with Crippen molar-refractivity contribution in [3.63, 3.8) is 0 Å². The van der Waals surface area contributed by atoms with Crippen LogP contribution in [0.2, 0.25) is 0 Å². The smallest absolute Gasteiger partial charge is 0.274 e. The van der Waals surface area contributed by atoms with Crippen molar-refractivity contribution in [1.82, 2.24) is 14.9 Å². The number of hydrogen-bond acceptors (Lipinski definition) is 4. The molecule has 1 amide bonds. The molecular weight excluding hydrogens is 280 g/mol. The van der Waals surface area contributed by atoms with E-state index in [1.165, 1.54) is 12.8 Å². The summed E-state index contributed by atoms with van der Waals surface area (Å²) in [7, 11) is -3.64. The van der Waals surface area contributed by atoms with Gasteiger partial charge >= 0.3 is 0 Å². The number of nitrogens with one attached hydrogen (secondary N) is 2. The van der Waals surface area contributed by atoms with E-state index in [0.29, 0.717) is 25.6 Å². The van der Waals surface area contributed by atoms with Crippen LogP contribution in [0.3, 0.4) is 0 Å². The third-order valence-corrected chi connectivity index (χ3v) is 4.36. The predicted molar refractivity (Wildman–Crippen MR) is 76.1 cm³/mol. The summed E-state index contributed by atoms with van der Waals surface area (Å²) in [5.41, 5.74) is 0. The average Bonchev–Trinajstić information content (AvgIpc) is 3.20. The van der Waals surface area contributed by atoms with Crippen molar-refractivity contribution < 1.29 is 13.2 Å². The molecule has 1 aliphatic carbocycles. The highest BCUT2D eigenvalue weighted by molar-refractivity contribution is 7.87. The monoisotopic (exact) mass is 304 g/mol. The van der Waals surface area contributed by atoms with E-state index in [1.54, 1.807) is 0 Å². The van der Waals surface area contributed by atoms with Crippen LogP contribution in [-0.4, -0.2) is 51.4 Å². The van der Waals surface area contributed by atoms with Crippen LogP contribution >= 0.6 is 0 Å². The Morgan fingerprint density at radius 2 is 2.05 bits per heavy atom. The molecule has 0 aromatic carbocycles. The lowest BCUT2D eigenvalue weighted by atomic mass is 9.98. The topological polar surface area (TPSA) is 105 Å². The molecule has 8 heteroatoms. The molecule has 7 nitrogen and oxygen atoms in total. The first-order valence-corrected chi connectivity index (χ1v) is 8.77. The van der Waals surface area contributed by atoms with Crippen molar-refractivity contribution >= 4 is 16.1 Å². The largest absolute Gasteiger partial charge is 0.342 e. The van der Waals surface area contributed by atoms with Crippen LogP contribution in [0.15, 0.2) is 0 Å². The minimum Gasteiger partial charge on any atom is -0.342 e. The lowest BCUT2D eigenvalue weighted by molar-refractivity contribution is -0.132. The minimum absolute atomic E-state index is 0.151. The van der Waals surface area contributed by atoms with Gasteiger partial charge in [0.2, 0.25) is 5.91 Å². The zero-order chi connectivity index (χ0) is 14.6. The van der Waals surface area contributed by atoms with Gasteiger partial charge in [0.05, 0.1) is 0 Å². The number of nitrogens with two attached hydrogens (primary N) is 1. The van der Waals surface area contributed by atoms with Gasteiger partial charge in [0.25, 0.3) is 10.2 Å². The molecule has 116 valence electrons. The normalized spacial score (nSPS) is 23.9. The molecule has 0 radical (unpaired) electrons. The molecule has 2 aliphatic rings. The predicted octanol–water partition coefficient (Wildman–Crippen LogP) is -0.840. The molecule has 1 aliphatic heterocycles. The van der Waals surface area contributed by atoms with E-state index >= 15 is 0 Å². The molecule has 1 atom stereocenters. The van der Waals surface area contributed by atoms with Crippen LogP contribution in [0, 0.1) is 5.92 Å². The number of carbonyl (C=O) groups excluding carboxylic acids is 1. The fourth-order valence-corrected chi connectivity index (χ4v) is 2.99. The van der Waals surface area contributed by atoms with Gasteiger partial charge in [-0.25, -0.2) is 9.86 Å². The Kier molecular flexibility index (Phi) is 5.36. The number of amides is 1. The zero-order valence-electron chi connectivity index (χ0n) is 11.7. The van der Waals surface area contributed by atoms with Crippen LogP contribution in [0.25, 0.3) is 0 Å². The lowest BCUT2D eigenvalue weighted by Gasteiger charge is -2.32. The lowest BCUT2D eigenvalue weighted by Crippen LogP contribution is -2.45. The number of piperidine rings is 1. The maximum absolute atomic E-state index is 12.1. The van der Waals surface area contributed by atoms with Gasteiger partial charge in [-0.15, -0.1) is 0 Å². The molecule has 1 unspecified atom stereocenters. The fraction of sp³-hybridized carbons (Fsp3) is 0.917. The summed E-state index contributed by atoms with van der Waals surface area (Å²) in [6.07, 6.45) is 4.80. The van der Waals surface area contributed by atoms with Gasteiger partial charge in [-0.2, -0.15) is 8.42 Å². The van der Waals surface area contributed by atoms with Gasteiger partial charge in [-0.05, 0) is 31.6 Å². The summed E-state index contributed by atoms with van der Waals surface area (Å²) in [5.74, 6) is 0.306. The number of rotatable bonds is 7. The van der Waals surface area contributed by atoms with E-state index in [2.05, 4.69) is 10.0 Å². The number of carbonyl (C=O) groups is 1. The highest BCUT2D eigenvalue weighted by Crippen LogP contribution is 2.19. The minimum atomic E-state index is -3.64. The maximum Gasteiger partial charge on any atom is 0.274 e. The van der Waals surface area contributed by atoms with Gasteiger partial charge in [-0.3, -0.25) is 4.79 Å². The van der Waals surface area contributed by atoms with Crippen molar-refractivity contribution in [3.8, 4) is 0 Å². The van der Waals surface area contributed by atoms with E-state index < -0.39 is 10.2 Å². The van der Waals surface area contributed by atoms with Crippen LogP contribution in [0.1, 0.15) is 32.1 Å². The van der Waals surface area contributed by atoms with E-state index in [4.69, 9.17) is 5.14 Å². The second-order valence-corrected chi connectivity index (χ2v) is 7.10. The third-order valence-electron chi connectivity index (χ3n) is 3.79. The van der Waals surface area contributed by atoms with Crippen molar-refractivity contribution in [1.29, 1.82) is 0 Å². The van der Waals surface area contributed by atoms with Crippen molar-refractivity contribution in [2.45, 2.75) is 38.1 Å². The Morgan fingerprint density at radius 3 is 2.70 bits per heavy atom. The van der Waals surface area contributed by atoms with E-state index in [9.17, 15) is 13.2 Å². The van der Waals surface area contributed by atoms with E-state index in [-0.39, 0.29) is 11.8 Å². The first-order chi connectivity index (χ1) is 9.44. The Morgan fingerprint density at radius 1 is 1.30 bits per heavy atom. The van der Waals surface area contributed by atoms with Crippen LogP contribution < -0.4 is 15.2 Å². The summed E-state index contributed by atoms with van der Waals surface area (Å²) >= 11 is 0. The quantitative estimate of drug-likeness (QED) is 0.570. The molecule has 4 N–H and O–H groups in total. The molecule has 20 heavy (non-hydrogen) atoms. The average molecular weight is 304 g/mol. The molecule has 0 aromatic heterocycles. The first kappa shape index (κ1) is 15.7. The Balaban J connectivity index is 1.69. The number of nitrogens with zero attached hydrogens (tertiary/aromatic N) is 1. The molecular formula is C12H24N4O3S. The van der Waals surface area contributed by atoms with Gasteiger partial charge < -0.3 is 10.2 Å². The van der Waals surface area contributed by atoms with Gasteiger partial charge in [-0.1, -0.05) is 0 Å². The van der Waals surface area contributed by atoms with Gasteiger partial charge in [0.15, 0.2) is 0 Å². The molecule has 1 saturated carbocycles. The Hall–Kier alpha value is -0.700. The molecule has 2 rings (SSSR count). The second-order valence-electron chi connectivity index (χ2n) is 5.72. The molecule has 1 heterocycles. The van der Waals surface area contributed by atoms with Gasteiger partial charge in [0.1, 0.15) is 0 Å². The molecule has 1 saturated heterocycles. The summed E-state index contributed by atoms with van der Waals surface area (Å²) in [6, 6.07) is 0.621. The summed E-state index contributed by atoms with van der Waals surface area (Å²) in [5, 5.41) is 8.25. The number of likely N-dealkylation sites (tertiary alicyclic amines) is 1. The van der Waals surface area contributed by atoms with Crippen LogP contribution in [-0.2, 0) is 15.0 Å². The summed E-state index contributed by atoms with van der Waals surface area (Å²) < 4.78 is 24.1. The first-order valence-electron chi connectivity index (χ1n) is 7.22. The van der Waals surface area contributed by atoms with Crippen molar-refractivity contribution in [2.24, 2.45) is 11.1 Å². The van der Waals surface area contributed by atoms with Crippen LogP contribution in [0.4, 0.5) is 0 Å². The molecule has 0 spiro atoms. The Labute approximate surface area is 120 Å². The highest BCUT2D eigenvalue weighted by Gasteiger charge is 2.25. The molecule has 2 fully saturated rings. The maximum atomic E-state index is 12.1. The van der Waals surface area contributed by atoms with Crippen LogP contribution in [0.5, 0.6) is 0 Å². The zero-order valence-corrected chi connectivity index (χ0v) is 12.5. The highest BCUT2D eigenvalue weighted by atomic mass is 32.2. The SMILES string of the molecule is NS(=O)(=O)NCC1CCCN(C(=O)CCNC2CC2)C1. The van der Waals surface area contributed by atoms with Crippen molar-refractivity contribution in [3.05, 3.63) is 0 Å². The van der Waals surface area contributed by atoms with E-state index in [1.807, 2.05) is 4.90 Å². The Bertz CT molecular complexity index is 436. The summed E-state index contributed by atoms with van der Waals surface area (Å²) in [6.45, 7) is 2.43. The number of hydrogen-bond donors (Lipinski definition) is 3. The van der Waals surface area contributed by atoms with Crippen molar-refractivity contribution in [2.75, 3.05) is 26.2 Å². The molecule has 0 bridgehead atoms. The van der Waals surface area contributed by atoms with E-state index in [0.717, 1.165) is 25.9 Å². The summed E-state index contributed by atoms with van der Waals surface area (Å²) in [4.78, 5) is 13.9. The fourth-order valence-electron chi connectivity index (χ4n) is 2.52. The van der Waals surface area contributed by atoms with Gasteiger partial charge in [0, 0.05) is 38.6 Å². The standard InChI is InChI=1S/C12H24N4O3S/c13-20(18,19)15-8-10-2-1-7-16(9-10)12(17)5-6-14-11-3-4-11/h10-11,14-15H,1-9H2,(H2,13,18,19). The third kappa shape index (κ3) is 5.74. The molecule has 0 aromatic rings. The second kappa shape index (κ2) is 6.84.